The smallest absolute Gasteiger partial charge is 0.264 e. The first-order valence-corrected chi connectivity index (χ1v) is 12.1. The van der Waals surface area contributed by atoms with Gasteiger partial charge in [-0.05, 0) is 75.2 Å². The van der Waals surface area contributed by atoms with Crippen molar-refractivity contribution in [2.75, 3.05) is 9.44 Å². The Labute approximate surface area is 180 Å². The van der Waals surface area contributed by atoms with E-state index in [4.69, 9.17) is 16.1 Å². The summed E-state index contributed by atoms with van der Waals surface area (Å²) in [5, 5.41) is 4.19. The fourth-order valence-corrected chi connectivity index (χ4v) is 5.28. The van der Waals surface area contributed by atoms with Gasteiger partial charge in [0.05, 0.1) is 15.5 Å². The lowest BCUT2D eigenvalue weighted by Crippen LogP contribution is -2.15. The third-order valence-electron chi connectivity index (χ3n) is 4.55. The molecule has 0 saturated heterocycles. The molecule has 0 radical (unpaired) electrons. The van der Waals surface area contributed by atoms with Crippen molar-refractivity contribution in [2.24, 2.45) is 0 Å². The monoisotopic (exact) mass is 469 g/mol. The van der Waals surface area contributed by atoms with Gasteiger partial charge < -0.3 is 4.52 Å². The Hall–Kier alpha value is -2.56. The van der Waals surface area contributed by atoms with Gasteiger partial charge >= 0.3 is 0 Å². The molecule has 0 fully saturated rings. The maximum Gasteiger partial charge on any atom is 0.264 e. The van der Waals surface area contributed by atoms with Crippen LogP contribution in [0.1, 0.15) is 22.4 Å². The van der Waals surface area contributed by atoms with Crippen molar-refractivity contribution in [2.45, 2.75) is 37.5 Å². The van der Waals surface area contributed by atoms with Crippen molar-refractivity contribution >= 4 is 43.2 Å². The number of benzene rings is 2. The topological polar surface area (TPSA) is 118 Å². The molecule has 0 amide bonds. The number of rotatable bonds is 6. The molecule has 160 valence electrons. The highest BCUT2D eigenvalue weighted by molar-refractivity contribution is 7.93. The van der Waals surface area contributed by atoms with Crippen LogP contribution < -0.4 is 9.44 Å². The van der Waals surface area contributed by atoms with Gasteiger partial charge in [-0.3, -0.25) is 4.72 Å². The minimum Gasteiger partial charge on any atom is -0.337 e. The maximum atomic E-state index is 12.7. The number of hydrogen-bond acceptors (Lipinski definition) is 6. The average molecular weight is 470 g/mol. The molecule has 0 aliphatic rings. The Bertz CT molecular complexity index is 1310. The summed E-state index contributed by atoms with van der Waals surface area (Å²) in [6, 6.07) is 8.38. The lowest BCUT2D eigenvalue weighted by Gasteiger charge is -2.12. The molecule has 11 heteroatoms. The van der Waals surface area contributed by atoms with Crippen LogP contribution in [0.5, 0.6) is 0 Å². The first kappa shape index (κ1) is 22.1. The second-order valence-corrected chi connectivity index (χ2v) is 10.6. The van der Waals surface area contributed by atoms with E-state index in [0.29, 0.717) is 27.4 Å². The van der Waals surface area contributed by atoms with E-state index in [-0.39, 0.29) is 21.4 Å². The molecule has 3 aromatic rings. The molecule has 3 rings (SSSR count). The third kappa shape index (κ3) is 4.45. The minimum absolute atomic E-state index is 0.0332. The summed E-state index contributed by atoms with van der Waals surface area (Å²) < 4.78 is 60.3. The van der Waals surface area contributed by atoms with Gasteiger partial charge in [0.25, 0.3) is 20.0 Å². The fourth-order valence-electron chi connectivity index (χ4n) is 2.65. The number of sulfonamides is 2. The van der Waals surface area contributed by atoms with Gasteiger partial charge in [0, 0.05) is 16.3 Å². The van der Waals surface area contributed by atoms with Crippen LogP contribution in [0.3, 0.4) is 0 Å². The Morgan fingerprint density at radius 3 is 2.07 bits per heavy atom. The predicted molar refractivity (Wildman–Crippen MR) is 115 cm³/mol. The van der Waals surface area contributed by atoms with E-state index in [2.05, 4.69) is 14.6 Å². The number of anilines is 2. The van der Waals surface area contributed by atoms with Gasteiger partial charge in [-0.2, -0.15) is 0 Å². The second-order valence-electron chi connectivity index (χ2n) is 6.82. The highest BCUT2D eigenvalue weighted by atomic mass is 35.5. The molecule has 0 atom stereocenters. The maximum absolute atomic E-state index is 12.7. The summed E-state index contributed by atoms with van der Waals surface area (Å²) in [6.45, 7) is 6.74. The van der Waals surface area contributed by atoms with Crippen LogP contribution in [-0.4, -0.2) is 22.0 Å². The largest absolute Gasteiger partial charge is 0.337 e. The molecule has 0 unspecified atom stereocenters. The molecule has 0 spiro atoms. The molecule has 30 heavy (non-hydrogen) atoms. The van der Waals surface area contributed by atoms with Crippen LogP contribution in [0.2, 0.25) is 5.02 Å². The third-order valence-corrected chi connectivity index (χ3v) is 7.82. The minimum atomic E-state index is -3.93. The van der Waals surface area contributed by atoms with Crippen molar-refractivity contribution in [1.29, 1.82) is 0 Å². The molecular formula is C19H20ClN3O5S2. The van der Waals surface area contributed by atoms with Crippen molar-refractivity contribution in [3.63, 3.8) is 0 Å². The summed E-state index contributed by atoms with van der Waals surface area (Å²) in [6.07, 6.45) is 0. The van der Waals surface area contributed by atoms with Crippen LogP contribution in [0, 0.1) is 27.7 Å². The zero-order chi connectivity index (χ0) is 22.3. The van der Waals surface area contributed by atoms with E-state index in [1.54, 1.807) is 33.8 Å². The van der Waals surface area contributed by atoms with Crippen molar-refractivity contribution in [1.82, 2.24) is 5.16 Å². The number of aryl methyl sites for hydroxylation is 3. The standard InChI is InChI=1S/C19H20ClN3O5S2/c1-11-10-18(12(2)9-17(11)20)30(26,27)22-15-5-7-16(8-6-15)29(24,25)23-19-13(3)14(4)21-28-19/h5-10,22-23H,1-4H3. The molecule has 2 aromatic carbocycles. The lowest BCUT2D eigenvalue weighted by atomic mass is 10.2. The van der Waals surface area contributed by atoms with E-state index >= 15 is 0 Å². The van der Waals surface area contributed by atoms with Crippen LogP contribution >= 0.6 is 11.6 Å². The number of hydrogen-bond donors (Lipinski definition) is 2. The lowest BCUT2D eigenvalue weighted by molar-refractivity contribution is 0.430. The van der Waals surface area contributed by atoms with Crippen LogP contribution in [0.15, 0.2) is 50.7 Å². The molecule has 1 aromatic heterocycles. The SMILES string of the molecule is Cc1cc(S(=O)(=O)Nc2ccc(S(=O)(=O)Nc3onc(C)c3C)cc2)c(C)cc1Cl. The van der Waals surface area contributed by atoms with Crippen LogP contribution in [0.4, 0.5) is 11.6 Å². The molecule has 0 saturated carbocycles. The van der Waals surface area contributed by atoms with Gasteiger partial charge in [0.1, 0.15) is 0 Å². The summed E-state index contributed by atoms with van der Waals surface area (Å²) in [4.78, 5) is 0.0383. The first-order chi connectivity index (χ1) is 13.9. The highest BCUT2D eigenvalue weighted by Gasteiger charge is 2.21. The van der Waals surface area contributed by atoms with E-state index in [0.717, 1.165) is 0 Å². The van der Waals surface area contributed by atoms with E-state index in [1.165, 1.54) is 30.3 Å². The summed E-state index contributed by atoms with van der Waals surface area (Å²) in [5.41, 5.74) is 2.50. The Morgan fingerprint density at radius 1 is 0.867 bits per heavy atom. The van der Waals surface area contributed by atoms with Crippen molar-refractivity contribution in [3.8, 4) is 0 Å². The first-order valence-electron chi connectivity index (χ1n) is 8.76. The molecular weight excluding hydrogens is 450 g/mol. The molecule has 0 aliphatic carbocycles. The summed E-state index contributed by atoms with van der Waals surface area (Å²) >= 11 is 6.04. The van der Waals surface area contributed by atoms with E-state index in [9.17, 15) is 16.8 Å². The van der Waals surface area contributed by atoms with Gasteiger partial charge in [-0.1, -0.05) is 16.8 Å². The number of aromatic nitrogens is 1. The zero-order valence-electron chi connectivity index (χ0n) is 16.6. The predicted octanol–water partition coefficient (Wildman–Crippen LogP) is 4.16. The summed E-state index contributed by atoms with van der Waals surface area (Å²) in [5.74, 6) is 0.0332. The molecule has 0 aliphatic heterocycles. The van der Waals surface area contributed by atoms with E-state index < -0.39 is 20.0 Å². The molecule has 8 nitrogen and oxygen atoms in total. The van der Waals surface area contributed by atoms with Crippen LogP contribution in [-0.2, 0) is 20.0 Å². The van der Waals surface area contributed by atoms with Crippen LogP contribution in [0.25, 0.3) is 0 Å². The fraction of sp³-hybridized carbons (Fsp3) is 0.211. The average Bonchev–Trinajstić information content (AvgIpc) is 2.96. The summed E-state index contributed by atoms with van der Waals surface area (Å²) in [7, 11) is -7.81. The number of halogens is 1. The Morgan fingerprint density at radius 2 is 1.50 bits per heavy atom. The normalized spacial score (nSPS) is 12.0. The molecule has 2 N–H and O–H groups in total. The second kappa shape index (κ2) is 7.93. The molecule has 0 bridgehead atoms. The number of nitrogens with one attached hydrogen (secondary N) is 2. The van der Waals surface area contributed by atoms with Crippen molar-refractivity contribution < 1.29 is 21.4 Å². The van der Waals surface area contributed by atoms with Gasteiger partial charge in [-0.25, -0.2) is 21.6 Å². The number of nitrogens with zero attached hydrogens (tertiary/aromatic N) is 1. The molecule has 1 heterocycles. The van der Waals surface area contributed by atoms with Crippen molar-refractivity contribution in [3.05, 3.63) is 63.8 Å². The van der Waals surface area contributed by atoms with E-state index in [1.807, 2.05) is 0 Å². The highest BCUT2D eigenvalue weighted by Crippen LogP contribution is 2.27. The Balaban J connectivity index is 1.83. The van der Waals surface area contributed by atoms with Gasteiger partial charge in [-0.15, -0.1) is 0 Å². The Kier molecular flexibility index (Phi) is 5.85. The van der Waals surface area contributed by atoms with Gasteiger partial charge in [0.2, 0.25) is 5.88 Å². The zero-order valence-corrected chi connectivity index (χ0v) is 19.0. The quantitative estimate of drug-likeness (QED) is 0.559. The van der Waals surface area contributed by atoms with Gasteiger partial charge in [0.15, 0.2) is 0 Å².